The van der Waals surface area contributed by atoms with Crippen LogP contribution >= 0.6 is 11.6 Å². The Balaban J connectivity index is 1.64. The number of amides is 2. The Hall–Kier alpha value is -3.79. The van der Waals surface area contributed by atoms with Crippen LogP contribution in [0.5, 0.6) is 0 Å². The third kappa shape index (κ3) is 5.67. The quantitative estimate of drug-likeness (QED) is 0.498. The zero-order valence-electron chi connectivity index (χ0n) is 16.0. The fraction of sp³-hybridized carbons (Fsp3) is 0.0952. The summed E-state index contributed by atoms with van der Waals surface area (Å²) in [7, 11) is 0. The van der Waals surface area contributed by atoms with Crippen LogP contribution in [0.1, 0.15) is 26.5 Å². The molecule has 2 N–H and O–H groups in total. The minimum Gasteiger partial charge on any atom is -0.459 e. The highest BCUT2D eigenvalue weighted by atomic mass is 35.5. The largest absolute Gasteiger partial charge is 0.459 e. The van der Waals surface area contributed by atoms with Gasteiger partial charge < -0.3 is 19.8 Å². The lowest BCUT2D eigenvalue weighted by molar-refractivity contribution is -0.137. The van der Waals surface area contributed by atoms with Crippen molar-refractivity contribution >= 4 is 40.8 Å². The molecule has 3 aromatic rings. The number of carbonyl (C=O) groups excluding carboxylic acids is 3. The lowest BCUT2D eigenvalue weighted by atomic mass is 10.1. The van der Waals surface area contributed by atoms with E-state index in [2.05, 4.69) is 10.6 Å². The van der Waals surface area contributed by atoms with Gasteiger partial charge in [-0.2, -0.15) is 13.2 Å². The Bertz CT molecular complexity index is 1150. The average molecular weight is 467 g/mol. The lowest BCUT2D eigenvalue weighted by Gasteiger charge is -2.12. The molecule has 0 fully saturated rings. The molecule has 0 saturated carbocycles. The van der Waals surface area contributed by atoms with Crippen molar-refractivity contribution in [2.24, 2.45) is 0 Å². The number of furan rings is 1. The summed E-state index contributed by atoms with van der Waals surface area (Å²) in [6, 6.07) is 11.3. The molecule has 0 aliphatic heterocycles. The third-order valence-corrected chi connectivity index (χ3v) is 4.37. The molecule has 0 saturated heterocycles. The molecule has 166 valence electrons. The van der Waals surface area contributed by atoms with E-state index < -0.39 is 36.1 Å². The molecule has 2 aromatic carbocycles. The fourth-order valence-electron chi connectivity index (χ4n) is 2.55. The summed E-state index contributed by atoms with van der Waals surface area (Å²) in [5, 5.41) is 4.53. The van der Waals surface area contributed by atoms with E-state index in [1.807, 2.05) is 0 Å². The van der Waals surface area contributed by atoms with Crippen molar-refractivity contribution in [2.75, 3.05) is 17.2 Å². The average Bonchev–Trinajstić information content (AvgIpc) is 3.28. The van der Waals surface area contributed by atoms with Crippen molar-refractivity contribution in [3.05, 3.63) is 82.8 Å². The lowest BCUT2D eigenvalue weighted by Crippen LogP contribution is -2.22. The van der Waals surface area contributed by atoms with Gasteiger partial charge in [0, 0.05) is 0 Å². The first-order chi connectivity index (χ1) is 15.1. The molecule has 0 atom stereocenters. The van der Waals surface area contributed by atoms with Crippen molar-refractivity contribution < 1.29 is 36.7 Å². The maximum Gasteiger partial charge on any atom is 0.416 e. The Morgan fingerprint density at radius 1 is 0.969 bits per heavy atom. The van der Waals surface area contributed by atoms with Gasteiger partial charge in [-0.3, -0.25) is 9.59 Å². The summed E-state index contributed by atoms with van der Waals surface area (Å²) in [4.78, 5) is 36.6. The number of hydrogen-bond acceptors (Lipinski definition) is 5. The van der Waals surface area contributed by atoms with E-state index in [1.165, 1.54) is 36.6 Å². The number of hydrogen-bond donors (Lipinski definition) is 2. The zero-order valence-corrected chi connectivity index (χ0v) is 16.8. The highest BCUT2D eigenvalue weighted by Gasteiger charge is 2.31. The molecular weight excluding hydrogens is 453 g/mol. The van der Waals surface area contributed by atoms with E-state index in [-0.39, 0.29) is 27.7 Å². The topological polar surface area (TPSA) is 97.6 Å². The highest BCUT2D eigenvalue weighted by Crippen LogP contribution is 2.33. The van der Waals surface area contributed by atoms with Crippen LogP contribution in [0, 0.1) is 0 Å². The number of para-hydroxylation sites is 1. The van der Waals surface area contributed by atoms with Gasteiger partial charge in [-0.1, -0.05) is 23.7 Å². The van der Waals surface area contributed by atoms with Crippen LogP contribution < -0.4 is 10.6 Å². The van der Waals surface area contributed by atoms with Gasteiger partial charge in [0.05, 0.1) is 33.8 Å². The molecule has 0 unspecified atom stereocenters. The minimum atomic E-state index is -4.62. The second-order valence-corrected chi connectivity index (χ2v) is 6.70. The SMILES string of the molecule is O=C(COC(=O)c1ccccc1NC(=O)c1ccco1)Nc1cc(C(F)(F)F)ccc1Cl. The van der Waals surface area contributed by atoms with Crippen LogP contribution in [0.4, 0.5) is 24.5 Å². The van der Waals surface area contributed by atoms with Crippen molar-refractivity contribution in [3.63, 3.8) is 0 Å². The van der Waals surface area contributed by atoms with Crippen LogP contribution in [0.2, 0.25) is 5.02 Å². The second-order valence-electron chi connectivity index (χ2n) is 6.29. The molecular formula is C21H14ClF3N2O5. The second kappa shape index (κ2) is 9.56. The Kier molecular flexibility index (Phi) is 6.84. The molecule has 2 amide bonds. The number of carbonyl (C=O) groups is 3. The molecule has 0 aliphatic rings. The number of alkyl halides is 3. The van der Waals surface area contributed by atoms with Gasteiger partial charge in [-0.25, -0.2) is 4.79 Å². The molecule has 1 aromatic heterocycles. The van der Waals surface area contributed by atoms with Gasteiger partial charge >= 0.3 is 12.1 Å². The standard InChI is InChI=1S/C21H14ClF3N2O5/c22-14-8-7-12(21(23,24)25)10-16(14)26-18(28)11-32-20(30)13-4-1-2-5-15(13)27-19(29)17-6-3-9-31-17/h1-10H,11H2,(H,26,28)(H,27,29). The van der Waals surface area contributed by atoms with Gasteiger partial charge in [0.1, 0.15) is 0 Å². The maximum atomic E-state index is 12.8. The molecule has 0 spiro atoms. The normalized spacial score (nSPS) is 11.0. The molecule has 32 heavy (non-hydrogen) atoms. The minimum absolute atomic E-state index is 0.0190. The first-order valence-corrected chi connectivity index (χ1v) is 9.30. The number of benzene rings is 2. The number of rotatable bonds is 6. The summed E-state index contributed by atoms with van der Waals surface area (Å²) in [5.74, 6) is -2.43. The van der Waals surface area contributed by atoms with Gasteiger partial charge in [-0.15, -0.1) is 0 Å². The molecule has 1 heterocycles. The van der Waals surface area contributed by atoms with Gasteiger partial charge in [-0.05, 0) is 42.5 Å². The van der Waals surface area contributed by atoms with E-state index >= 15 is 0 Å². The molecule has 11 heteroatoms. The van der Waals surface area contributed by atoms with Crippen molar-refractivity contribution in [3.8, 4) is 0 Å². The van der Waals surface area contributed by atoms with Gasteiger partial charge in [0.25, 0.3) is 11.8 Å². The summed E-state index contributed by atoms with van der Waals surface area (Å²) in [5.41, 5.74) is -1.22. The van der Waals surface area contributed by atoms with Crippen molar-refractivity contribution in [1.29, 1.82) is 0 Å². The van der Waals surface area contributed by atoms with Crippen LogP contribution in [0.25, 0.3) is 0 Å². The predicted octanol–water partition coefficient (Wildman–Crippen LogP) is 5.00. The first-order valence-electron chi connectivity index (χ1n) is 8.93. The summed E-state index contributed by atoms with van der Waals surface area (Å²) >= 11 is 5.82. The van der Waals surface area contributed by atoms with Crippen LogP contribution in [-0.4, -0.2) is 24.4 Å². The summed E-state index contributed by atoms with van der Waals surface area (Å²) in [6.45, 7) is -0.800. The van der Waals surface area contributed by atoms with Gasteiger partial charge in [0.2, 0.25) is 0 Å². The molecule has 0 aliphatic carbocycles. The van der Waals surface area contributed by atoms with E-state index in [1.54, 1.807) is 6.07 Å². The summed E-state index contributed by atoms with van der Waals surface area (Å²) < 4.78 is 48.4. The summed E-state index contributed by atoms with van der Waals surface area (Å²) in [6.07, 6.45) is -3.31. The van der Waals surface area contributed by atoms with Crippen LogP contribution in [-0.2, 0) is 15.7 Å². The Morgan fingerprint density at radius 3 is 2.41 bits per heavy atom. The first kappa shape index (κ1) is 22.9. The van der Waals surface area contributed by atoms with E-state index in [9.17, 15) is 27.6 Å². The van der Waals surface area contributed by atoms with Crippen LogP contribution in [0.15, 0.2) is 65.3 Å². The Morgan fingerprint density at radius 2 is 1.72 bits per heavy atom. The highest BCUT2D eigenvalue weighted by molar-refractivity contribution is 6.33. The van der Waals surface area contributed by atoms with Gasteiger partial charge in [0.15, 0.2) is 12.4 Å². The predicted molar refractivity (Wildman–Crippen MR) is 108 cm³/mol. The smallest absolute Gasteiger partial charge is 0.416 e. The monoisotopic (exact) mass is 466 g/mol. The van der Waals surface area contributed by atoms with Crippen molar-refractivity contribution in [1.82, 2.24) is 0 Å². The number of anilines is 2. The molecule has 7 nitrogen and oxygen atoms in total. The number of ether oxygens (including phenoxy) is 1. The number of esters is 1. The molecule has 0 radical (unpaired) electrons. The number of halogens is 4. The van der Waals surface area contributed by atoms with E-state index in [0.717, 1.165) is 12.1 Å². The number of nitrogens with one attached hydrogen (secondary N) is 2. The molecule has 3 rings (SSSR count). The fourth-order valence-corrected chi connectivity index (χ4v) is 2.72. The van der Waals surface area contributed by atoms with E-state index in [0.29, 0.717) is 6.07 Å². The maximum absolute atomic E-state index is 12.8. The van der Waals surface area contributed by atoms with E-state index in [4.69, 9.17) is 20.8 Å². The van der Waals surface area contributed by atoms with Crippen molar-refractivity contribution in [2.45, 2.75) is 6.18 Å². The zero-order chi connectivity index (χ0) is 23.3. The Labute approximate surface area is 184 Å². The van der Waals surface area contributed by atoms with Crippen LogP contribution in [0.3, 0.4) is 0 Å². The third-order valence-electron chi connectivity index (χ3n) is 4.04. The molecule has 0 bridgehead atoms.